The largest absolute Gasteiger partial charge is 0.448 e. The Bertz CT molecular complexity index is 547. The van der Waals surface area contributed by atoms with Crippen LogP contribution < -0.4 is 0 Å². The van der Waals surface area contributed by atoms with Crippen LogP contribution in [0.5, 0.6) is 0 Å². The lowest BCUT2D eigenvalue weighted by Crippen LogP contribution is -1.93. The van der Waals surface area contributed by atoms with Gasteiger partial charge in [0.25, 0.3) is 0 Å². The van der Waals surface area contributed by atoms with Gasteiger partial charge in [-0.25, -0.2) is 0 Å². The Morgan fingerprint density at radius 3 is 2.71 bits per heavy atom. The molecule has 1 aliphatic carbocycles. The topological polar surface area (TPSA) is 13.1 Å². The first-order chi connectivity index (χ1) is 8.24. The summed E-state index contributed by atoms with van der Waals surface area (Å²) in [5, 5.41) is 0.436. The van der Waals surface area contributed by atoms with E-state index in [9.17, 15) is 0 Å². The fraction of sp³-hybridized carbons (Fsp3) is 0.286. The molecule has 1 aromatic carbocycles. The normalized spacial score (nSPS) is 15.9. The zero-order valence-electron chi connectivity index (χ0n) is 9.25. The Labute approximate surface area is 114 Å². The summed E-state index contributed by atoms with van der Waals surface area (Å²) in [6.07, 6.45) is 3.69. The van der Waals surface area contributed by atoms with Crippen LogP contribution in [0.4, 0.5) is 0 Å². The van der Waals surface area contributed by atoms with Gasteiger partial charge in [0.15, 0.2) is 5.22 Å². The van der Waals surface area contributed by atoms with Gasteiger partial charge in [0.1, 0.15) is 5.76 Å². The smallest absolute Gasteiger partial charge is 0.193 e. The van der Waals surface area contributed by atoms with Gasteiger partial charge in [-0.05, 0) is 59.7 Å². The van der Waals surface area contributed by atoms with Gasteiger partial charge >= 0.3 is 0 Å². The molecule has 1 unspecified atom stereocenters. The lowest BCUT2D eigenvalue weighted by atomic mass is 10.0. The van der Waals surface area contributed by atoms with Gasteiger partial charge < -0.3 is 4.42 Å². The van der Waals surface area contributed by atoms with E-state index in [1.54, 1.807) is 6.07 Å². The molecule has 3 heteroatoms. The number of hydrogen-bond donors (Lipinski definition) is 0. The third-order valence-electron chi connectivity index (χ3n) is 3.26. The summed E-state index contributed by atoms with van der Waals surface area (Å²) < 4.78 is 5.44. The fourth-order valence-corrected chi connectivity index (χ4v) is 3.06. The zero-order valence-corrected chi connectivity index (χ0v) is 11.6. The minimum absolute atomic E-state index is 0.0842. The second-order valence-corrected chi connectivity index (χ2v) is 5.67. The van der Waals surface area contributed by atoms with Crippen molar-refractivity contribution < 1.29 is 4.42 Å². The molecule has 0 saturated heterocycles. The van der Waals surface area contributed by atoms with Crippen LogP contribution in [-0.2, 0) is 12.8 Å². The molecule has 3 rings (SSSR count). The van der Waals surface area contributed by atoms with Crippen molar-refractivity contribution in [2.24, 2.45) is 0 Å². The lowest BCUT2D eigenvalue weighted by molar-refractivity contribution is 0.521. The molecule has 1 aliphatic rings. The molecular weight excluding hydrogens is 300 g/mol. The van der Waals surface area contributed by atoms with E-state index in [-0.39, 0.29) is 4.83 Å². The van der Waals surface area contributed by atoms with Crippen molar-refractivity contribution in [1.29, 1.82) is 0 Å². The second kappa shape index (κ2) is 4.51. The number of fused-ring (bicyclic) bond motifs is 1. The van der Waals surface area contributed by atoms with Gasteiger partial charge in [0.05, 0.1) is 4.83 Å². The fourth-order valence-electron chi connectivity index (χ4n) is 2.38. The van der Waals surface area contributed by atoms with Crippen molar-refractivity contribution in [3.05, 3.63) is 58.0 Å². The van der Waals surface area contributed by atoms with Crippen LogP contribution in [0.2, 0.25) is 5.22 Å². The predicted octanol–water partition coefficient (Wildman–Crippen LogP) is 4.91. The Hall–Kier alpha value is -0.730. The summed E-state index contributed by atoms with van der Waals surface area (Å²) in [5.41, 5.74) is 4.20. The summed E-state index contributed by atoms with van der Waals surface area (Å²) in [6.45, 7) is 0. The number of aryl methyl sites for hydroxylation is 2. The second-order valence-electron chi connectivity index (χ2n) is 4.39. The van der Waals surface area contributed by atoms with Crippen LogP contribution in [0.3, 0.4) is 0 Å². The molecular formula is C14H12BrClO. The van der Waals surface area contributed by atoms with Crippen molar-refractivity contribution in [1.82, 2.24) is 0 Å². The molecule has 1 atom stereocenters. The quantitative estimate of drug-likeness (QED) is 0.719. The van der Waals surface area contributed by atoms with E-state index >= 15 is 0 Å². The van der Waals surface area contributed by atoms with Gasteiger partial charge in [0.2, 0.25) is 0 Å². The molecule has 0 fully saturated rings. The number of alkyl halides is 1. The molecule has 0 spiro atoms. The minimum atomic E-state index is 0.0842. The summed E-state index contributed by atoms with van der Waals surface area (Å²) in [4.78, 5) is 0.0842. The molecule has 2 aromatic rings. The van der Waals surface area contributed by atoms with Crippen molar-refractivity contribution in [3.63, 3.8) is 0 Å². The van der Waals surface area contributed by atoms with E-state index in [2.05, 4.69) is 34.1 Å². The van der Waals surface area contributed by atoms with E-state index in [1.807, 2.05) is 6.07 Å². The van der Waals surface area contributed by atoms with Gasteiger partial charge in [0, 0.05) is 0 Å². The van der Waals surface area contributed by atoms with Crippen LogP contribution in [0.15, 0.2) is 34.7 Å². The standard InChI is InChI=1S/C14H12BrClO/c15-14(12-6-7-13(16)17-12)11-5-4-9-2-1-3-10(9)8-11/h4-8,14H,1-3H2. The van der Waals surface area contributed by atoms with Crippen molar-refractivity contribution in [3.8, 4) is 0 Å². The van der Waals surface area contributed by atoms with Crippen LogP contribution in [0.1, 0.15) is 33.7 Å². The number of furan rings is 1. The first-order valence-electron chi connectivity index (χ1n) is 5.75. The van der Waals surface area contributed by atoms with Crippen LogP contribution in [0, 0.1) is 0 Å². The maximum atomic E-state index is 5.80. The highest BCUT2D eigenvalue weighted by Crippen LogP contribution is 2.35. The molecule has 0 bridgehead atoms. The highest BCUT2D eigenvalue weighted by Gasteiger charge is 2.17. The number of halogens is 2. The lowest BCUT2D eigenvalue weighted by Gasteiger charge is -2.09. The van der Waals surface area contributed by atoms with Gasteiger partial charge in [-0.2, -0.15) is 0 Å². The Morgan fingerprint density at radius 1 is 1.12 bits per heavy atom. The Kier molecular flexibility index (Phi) is 3.01. The van der Waals surface area contributed by atoms with Gasteiger partial charge in [-0.1, -0.05) is 34.1 Å². The SMILES string of the molecule is Clc1ccc(C(Br)c2ccc3c(c2)CCC3)o1. The molecule has 0 radical (unpaired) electrons. The molecule has 17 heavy (non-hydrogen) atoms. The Balaban J connectivity index is 1.94. The number of hydrogen-bond acceptors (Lipinski definition) is 1. The third kappa shape index (κ3) is 2.16. The monoisotopic (exact) mass is 310 g/mol. The van der Waals surface area contributed by atoms with Gasteiger partial charge in [-0.3, -0.25) is 0 Å². The van der Waals surface area contributed by atoms with E-state index in [4.69, 9.17) is 16.0 Å². The van der Waals surface area contributed by atoms with E-state index in [0.29, 0.717) is 5.22 Å². The number of benzene rings is 1. The van der Waals surface area contributed by atoms with E-state index in [1.165, 1.54) is 36.0 Å². The van der Waals surface area contributed by atoms with E-state index in [0.717, 1.165) is 5.76 Å². The average molecular weight is 312 g/mol. The van der Waals surface area contributed by atoms with Crippen LogP contribution in [-0.4, -0.2) is 0 Å². The molecule has 0 N–H and O–H groups in total. The van der Waals surface area contributed by atoms with Crippen molar-refractivity contribution in [2.75, 3.05) is 0 Å². The maximum absolute atomic E-state index is 5.80. The molecule has 1 aromatic heterocycles. The average Bonchev–Trinajstić information content (AvgIpc) is 2.95. The van der Waals surface area contributed by atoms with Crippen LogP contribution in [0.25, 0.3) is 0 Å². The zero-order chi connectivity index (χ0) is 11.8. The third-order valence-corrected chi connectivity index (χ3v) is 4.44. The highest BCUT2D eigenvalue weighted by molar-refractivity contribution is 9.09. The minimum Gasteiger partial charge on any atom is -0.448 e. The Morgan fingerprint density at radius 2 is 1.94 bits per heavy atom. The molecule has 1 heterocycles. The molecule has 88 valence electrons. The van der Waals surface area contributed by atoms with Gasteiger partial charge in [-0.15, -0.1) is 0 Å². The summed E-state index contributed by atoms with van der Waals surface area (Å²) in [6, 6.07) is 10.4. The first kappa shape index (κ1) is 11.4. The first-order valence-corrected chi connectivity index (χ1v) is 7.04. The van der Waals surface area contributed by atoms with Crippen molar-refractivity contribution in [2.45, 2.75) is 24.1 Å². The summed E-state index contributed by atoms with van der Waals surface area (Å²) in [5.74, 6) is 0.855. The van der Waals surface area contributed by atoms with Crippen molar-refractivity contribution >= 4 is 27.5 Å². The molecule has 1 nitrogen and oxygen atoms in total. The highest BCUT2D eigenvalue weighted by atomic mass is 79.9. The maximum Gasteiger partial charge on any atom is 0.193 e. The summed E-state index contributed by atoms with van der Waals surface area (Å²) in [7, 11) is 0. The number of rotatable bonds is 2. The predicted molar refractivity (Wildman–Crippen MR) is 73.0 cm³/mol. The molecule has 0 amide bonds. The summed E-state index contributed by atoms with van der Waals surface area (Å²) >= 11 is 9.46. The van der Waals surface area contributed by atoms with Crippen LogP contribution >= 0.6 is 27.5 Å². The molecule has 0 aliphatic heterocycles. The van der Waals surface area contributed by atoms with E-state index < -0.39 is 0 Å². The molecule has 0 saturated carbocycles.